The number of rotatable bonds is 5. The van der Waals surface area contributed by atoms with Crippen LogP contribution in [0.25, 0.3) is 0 Å². The Balaban J connectivity index is 1.73. The highest BCUT2D eigenvalue weighted by Gasteiger charge is 2.33. The highest BCUT2D eigenvalue weighted by molar-refractivity contribution is 6.45. The van der Waals surface area contributed by atoms with Crippen LogP contribution in [0.4, 0.5) is 5.69 Å². The van der Waals surface area contributed by atoms with E-state index < -0.39 is 17.8 Å². The molecule has 2 saturated heterocycles. The standard InChI is InChI=1S/C25H26N4O5/c1-17-8-6-7-15-28(17)24(31)21(26-23(30)18-9-4-3-5-10-18)16-22-25(32)34-27-29(22)19-11-13-20(33-2)14-12-19/h3-5,9-14,16-17,27H,6-8,15H2,1-2H3/b22-16+,26-21?. The molecule has 2 aromatic rings. The van der Waals surface area contributed by atoms with Crippen LogP contribution in [0.5, 0.6) is 5.75 Å². The van der Waals surface area contributed by atoms with Crippen molar-refractivity contribution in [2.24, 2.45) is 4.99 Å². The van der Waals surface area contributed by atoms with Crippen molar-refractivity contribution >= 4 is 29.2 Å². The smallest absolute Gasteiger partial charge is 0.376 e. The molecule has 9 heteroatoms. The zero-order valence-electron chi connectivity index (χ0n) is 19.1. The molecule has 0 bridgehead atoms. The Morgan fingerprint density at radius 3 is 2.53 bits per heavy atom. The summed E-state index contributed by atoms with van der Waals surface area (Å²) in [5.41, 5.74) is 3.36. The van der Waals surface area contributed by atoms with Gasteiger partial charge in [0.15, 0.2) is 5.70 Å². The molecular weight excluding hydrogens is 436 g/mol. The summed E-state index contributed by atoms with van der Waals surface area (Å²) in [4.78, 5) is 49.7. The summed E-state index contributed by atoms with van der Waals surface area (Å²) in [5, 5.41) is 1.39. The summed E-state index contributed by atoms with van der Waals surface area (Å²) in [5.74, 6) is -1.03. The van der Waals surface area contributed by atoms with Gasteiger partial charge in [0.1, 0.15) is 11.5 Å². The summed E-state index contributed by atoms with van der Waals surface area (Å²) < 4.78 is 5.18. The van der Waals surface area contributed by atoms with Crippen molar-refractivity contribution < 1.29 is 24.0 Å². The van der Waals surface area contributed by atoms with E-state index in [0.717, 1.165) is 19.3 Å². The number of carbonyl (C=O) groups excluding carboxylic acids is 3. The fraction of sp³-hybridized carbons (Fsp3) is 0.280. The van der Waals surface area contributed by atoms with Crippen molar-refractivity contribution in [2.75, 3.05) is 18.7 Å². The quantitative estimate of drug-likeness (QED) is 0.538. The summed E-state index contributed by atoms with van der Waals surface area (Å²) in [6, 6.07) is 15.4. The number of anilines is 1. The molecule has 34 heavy (non-hydrogen) atoms. The van der Waals surface area contributed by atoms with Crippen molar-refractivity contribution in [3.8, 4) is 5.75 Å². The second-order valence-electron chi connectivity index (χ2n) is 8.06. The number of nitrogens with zero attached hydrogens (tertiary/aromatic N) is 3. The van der Waals surface area contributed by atoms with E-state index in [9.17, 15) is 14.4 Å². The number of hydrazine groups is 1. The van der Waals surface area contributed by atoms with E-state index in [1.54, 1.807) is 66.6 Å². The van der Waals surface area contributed by atoms with Gasteiger partial charge in [0.2, 0.25) is 0 Å². The van der Waals surface area contributed by atoms with Gasteiger partial charge in [-0.2, -0.15) is 0 Å². The topological polar surface area (TPSA) is 101 Å². The minimum Gasteiger partial charge on any atom is -0.497 e. The average Bonchev–Trinajstić information content (AvgIpc) is 3.23. The van der Waals surface area contributed by atoms with E-state index in [0.29, 0.717) is 23.5 Å². The van der Waals surface area contributed by atoms with Crippen LogP contribution in [0, 0.1) is 0 Å². The third-order valence-corrected chi connectivity index (χ3v) is 5.81. The Bertz CT molecular complexity index is 1130. The number of ether oxygens (including phenoxy) is 1. The predicted molar refractivity (Wildman–Crippen MR) is 126 cm³/mol. The van der Waals surface area contributed by atoms with Gasteiger partial charge in [-0.1, -0.05) is 23.8 Å². The molecule has 2 heterocycles. The first-order chi connectivity index (χ1) is 16.5. The maximum absolute atomic E-state index is 13.5. The van der Waals surface area contributed by atoms with Crippen molar-refractivity contribution in [2.45, 2.75) is 32.2 Å². The van der Waals surface area contributed by atoms with Gasteiger partial charge >= 0.3 is 5.97 Å². The minimum atomic E-state index is -0.699. The fourth-order valence-electron chi connectivity index (χ4n) is 3.90. The molecule has 1 N–H and O–H groups in total. The molecule has 2 aromatic carbocycles. The fourth-order valence-corrected chi connectivity index (χ4v) is 3.90. The molecule has 0 aliphatic carbocycles. The number of hydrogen-bond acceptors (Lipinski definition) is 7. The molecule has 1 unspecified atom stereocenters. The van der Waals surface area contributed by atoms with Gasteiger partial charge in [-0.3, -0.25) is 9.59 Å². The van der Waals surface area contributed by atoms with Gasteiger partial charge in [0.25, 0.3) is 11.8 Å². The molecule has 2 aliphatic heterocycles. The number of nitrogens with one attached hydrogen (secondary N) is 1. The third kappa shape index (κ3) is 4.99. The summed E-state index contributed by atoms with van der Waals surface area (Å²) in [6.07, 6.45) is 4.07. The number of aliphatic imine (C=N–C) groups is 1. The number of amides is 2. The van der Waals surface area contributed by atoms with Crippen LogP contribution in [0.3, 0.4) is 0 Å². The Hall–Kier alpha value is -3.98. The number of methoxy groups -OCH3 is 1. The summed E-state index contributed by atoms with van der Waals surface area (Å²) in [6.45, 7) is 2.53. The minimum absolute atomic E-state index is 0.00280. The van der Waals surface area contributed by atoms with E-state index >= 15 is 0 Å². The molecule has 4 rings (SSSR count). The van der Waals surface area contributed by atoms with Gasteiger partial charge in [0, 0.05) is 24.2 Å². The number of hydrogen-bond donors (Lipinski definition) is 1. The second kappa shape index (κ2) is 10.3. The zero-order chi connectivity index (χ0) is 24.1. The Morgan fingerprint density at radius 2 is 1.85 bits per heavy atom. The zero-order valence-corrected chi connectivity index (χ0v) is 19.1. The van der Waals surface area contributed by atoms with E-state index in [1.807, 2.05) is 6.92 Å². The molecule has 0 aromatic heterocycles. The molecule has 176 valence electrons. The van der Waals surface area contributed by atoms with Gasteiger partial charge in [-0.05, 0) is 62.6 Å². The molecule has 0 saturated carbocycles. The molecule has 2 amide bonds. The summed E-state index contributed by atoms with van der Waals surface area (Å²) >= 11 is 0. The molecule has 1 atom stereocenters. The van der Waals surface area contributed by atoms with E-state index in [4.69, 9.17) is 9.57 Å². The highest BCUT2D eigenvalue weighted by Crippen LogP contribution is 2.25. The maximum atomic E-state index is 13.5. The van der Waals surface area contributed by atoms with Crippen molar-refractivity contribution in [1.82, 2.24) is 10.5 Å². The van der Waals surface area contributed by atoms with E-state index in [2.05, 4.69) is 10.6 Å². The van der Waals surface area contributed by atoms with E-state index in [1.165, 1.54) is 11.1 Å². The van der Waals surface area contributed by atoms with Crippen molar-refractivity contribution in [3.63, 3.8) is 0 Å². The Kier molecular flexibility index (Phi) is 7.03. The van der Waals surface area contributed by atoms with E-state index in [-0.39, 0.29) is 17.5 Å². The molecular formula is C25H26N4O5. The lowest BCUT2D eigenvalue weighted by atomic mass is 10.0. The first-order valence-electron chi connectivity index (χ1n) is 11.1. The van der Waals surface area contributed by atoms with Crippen LogP contribution in [0.15, 0.2) is 71.4 Å². The SMILES string of the molecule is COc1ccc(N2NOC(=O)/C2=C\C(=NC(=O)c2ccccc2)C(=O)N2CCCCC2C)cc1. The van der Waals surface area contributed by atoms with Crippen molar-refractivity contribution in [1.29, 1.82) is 0 Å². The number of likely N-dealkylation sites (tertiary alicyclic amines) is 1. The number of benzene rings is 2. The van der Waals surface area contributed by atoms with Gasteiger partial charge in [-0.15, -0.1) is 0 Å². The number of carbonyl (C=O) groups is 3. The van der Waals surface area contributed by atoms with Crippen molar-refractivity contribution in [3.05, 3.63) is 71.9 Å². The average molecular weight is 463 g/mol. The lowest BCUT2D eigenvalue weighted by Gasteiger charge is -2.33. The van der Waals surface area contributed by atoms with Gasteiger partial charge in [-0.25, -0.2) is 14.8 Å². The first-order valence-corrected chi connectivity index (χ1v) is 11.1. The van der Waals surface area contributed by atoms with Crippen LogP contribution in [-0.4, -0.2) is 48.1 Å². The van der Waals surface area contributed by atoms with Gasteiger partial charge < -0.3 is 14.5 Å². The Labute approximate surface area is 197 Å². The highest BCUT2D eigenvalue weighted by atomic mass is 16.7. The predicted octanol–water partition coefficient (Wildman–Crippen LogP) is 3.04. The molecule has 9 nitrogen and oxygen atoms in total. The normalized spacial score (nSPS) is 19.8. The lowest BCUT2D eigenvalue weighted by molar-refractivity contribution is -0.140. The first kappa shape index (κ1) is 23.2. The molecule has 0 spiro atoms. The van der Waals surface area contributed by atoms with Crippen LogP contribution < -0.4 is 15.3 Å². The Morgan fingerprint density at radius 1 is 1.12 bits per heavy atom. The lowest BCUT2D eigenvalue weighted by Crippen LogP contribution is -2.45. The van der Waals surface area contributed by atoms with Crippen LogP contribution in [0.1, 0.15) is 36.5 Å². The number of piperidine rings is 1. The largest absolute Gasteiger partial charge is 0.497 e. The van der Waals surface area contributed by atoms with Crippen LogP contribution in [-0.2, 0) is 14.4 Å². The molecule has 2 fully saturated rings. The van der Waals surface area contributed by atoms with Gasteiger partial charge in [0.05, 0.1) is 12.8 Å². The summed E-state index contributed by atoms with van der Waals surface area (Å²) in [7, 11) is 1.56. The second-order valence-corrected chi connectivity index (χ2v) is 8.06. The van der Waals surface area contributed by atoms with Crippen LogP contribution >= 0.6 is 0 Å². The maximum Gasteiger partial charge on any atom is 0.376 e. The monoisotopic (exact) mass is 462 g/mol. The van der Waals surface area contributed by atoms with Crippen LogP contribution in [0.2, 0.25) is 0 Å². The molecule has 0 radical (unpaired) electrons. The molecule has 2 aliphatic rings. The third-order valence-electron chi connectivity index (χ3n) is 5.81.